The molecule has 0 unspecified atom stereocenters. The summed E-state index contributed by atoms with van der Waals surface area (Å²) in [6.07, 6.45) is -1.74. The normalized spacial score (nSPS) is 20.6. The lowest BCUT2D eigenvalue weighted by molar-refractivity contribution is -0.183. The van der Waals surface area contributed by atoms with Crippen LogP contribution in [0.15, 0.2) is 36.4 Å². The third-order valence-corrected chi connectivity index (χ3v) is 9.73. The number of likely N-dealkylation sites (tertiary alicyclic amines) is 3. The van der Waals surface area contributed by atoms with E-state index in [2.05, 4.69) is 5.32 Å². The number of amides is 4. The predicted octanol–water partition coefficient (Wildman–Crippen LogP) is 6.27. The molecule has 232 valence electrons. The van der Waals surface area contributed by atoms with E-state index >= 15 is 0 Å². The second-order valence-electron chi connectivity index (χ2n) is 11.6. The molecule has 5 rings (SSSR count). The average molecular weight is 640 g/mol. The van der Waals surface area contributed by atoms with Crippen molar-refractivity contribution in [1.29, 1.82) is 0 Å². The van der Waals surface area contributed by atoms with Gasteiger partial charge in [-0.2, -0.15) is 13.2 Å². The van der Waals surface area contributed by atoms with E-state index in [4.69, 9.17) is 23.2 Å². The van der Waals surface area contributed by atoms with Crippen molar-refractivity contribution in [3.05, 3.63) is 57.6 Å². The summed E-state index contributed by atoms with van der Waals surface area (Å²) in [5.74, 6) is -1.77. The third kappa shape index (κ3) is 6.90. The number of alkyl halides is 3. The highest BCUT2D eigenvalue weighted by Crippen LogP contribution is 2.37. The summed E-state index contributed by atoms with van der Waals surface area (Å²) in [7, 11) is 1.61. The molecule has 0 bridgehead atoms. The Morgan fingerprint density at radius 1 is 0.860 bits per heavy atom. The Labute approximate surface area is 259 Å². The highest BCUT2D eigenvalue weighted by Gasteiger charge is 2.42. The summed E-state index contributed by atoms with van der Waals surface area (Å²) in [6, 6.07) is 10.5. The monoisotopic (exact) mass is 638 g/mol. The number of nitrogens with zero attached hydrogens (tertiary/aromatic N) is 3. The van der Waals surface area contributed by atoms with Gasteiger partial charge < -0.3 is 20.0 Å². The first-order chi connectivity index (χ1) is 20.5. The van der Waals surface area contributed by atoms with Crippen LogP contribution in [0, 0.1) is 11.8 Å². The first-order valence-electron chi connectivity index (χ1n) is 14.7. The second-order valence-corrected chi connectivity index (χ2v) is 12.4. The van der Waals surface area contributed by atoms with E-state index in [1.165, 1.54) is 4.90 Å². The molecule has 4 amide bonds. The maximum absolute atomic E-state index is 13.3. The van der Waals surface area contributed by atoms with Crippen LogP contribution in [0.4, 0.5) is 18.0 Å². The molecule has 7 nitrogen and oxygen atoms in total. The van der Waals surface area contributed by atoms with Crippen LogP contribution in [-0.4, -0.2) is 84.5 Å². The van der Waals surface area contributed by atoms with Gasteiger partial charge in [0.2, 0.25) is 5.91 Å². The molecule has 1 N–H and O–H groups in total. The van der Waals surface area contributed by atoms with Crippen molar-refractivity contribution in [2.24, 2.45) is 11.8 Å². The summed E-state index contributed by atoms with van der Waals surface area (Å²) in [4.78, 5) is 43.3. The Kier molecular flexibility index (Phi) is 9.46. The van der Waals surface area contributed by atoms with Gasteiger partial charge in [-0.1, -0.05) is 35.3 Å². The van der Waals surface area contributed by atoms with Crippen molar-refractivity contribution in [1.82, 2.24) is 20.0 Å². The molecule has 3 saturated heterocycles. The van der Waals surface area contributed by atoms with Gasteiger partial charge in [-0.3, -0.25) is 9.59 Å². The number of rotatable bonds is 5. The molecule has 2 aromatic carbocycles. The molecule has 0 spiro atoms. The Morgan fingerprint density at radius 3 is 2.00 bits per heavy atom. The zero-order valence-electron chi connectivity index (χ0n) is 23.9. The van der Waals surface area contributed by atoms with E-state index in [-0.39, 0.29) is 55.7 Å². The van der Waals surface area contributed by atoms with Gasteiger partial charge in [-0.25, -0.2) is 4.79 Å². The van der Waals surface area contributed by atoms with Crippen molar-refractivity contribution in [2.45, 2.75) is 50.7 Å². The molecule has 1 atom stereocenters. The molecule has 0 saturated carbocycles. The largest absolute Gasteiger partial charge is 0.391 e. The van der Waals surface area contributed by atoms with Crippen molar-refractivity contribution < 1.29 is 27.6 Å². The minimum atomic E-state index is -4.23. The van der Waals surface area contributed by atoms with Crippen molar-refractivity contribution in [3.8, 4) is 11.1 Å². The molecule has 0 radical (unpaired) electrons. The van der Waals surface area contributed by atoms with Gasteiger partial charge in [0.1, 0.15) is 0 Å². The SMILES string of the molecule is CNC(=O)N1CCC(N2CC[C@@H](Cc3c(Cl)cc(-c4ccc(C(=O)N5CCC(C(F)(F)F)CC5)cc4)cc3Cl)C2=O)CC1. The van der Waals surface area contributed by atoms with Crippen molar-refractivity contribution >= 4 is 41.0 Å². The van der Waals surface area contributed by atoms with Crippen LogP contribution in [0.25, 0.3) is 11.1 Å². The molecule has 3 heterocycles. The van der Waals surface area contributed by atoms with E-state index in [1.54, 1.807) is 48.3 Å². The standard InChI is InChI=1S/C31H35Cl2F3N4O3/c1-37-30(43)39-13-9-24(10-14-39)40-15-6-21(29(40)42)16-25-26(32)17-22(18-27(25)33)19-2-4-20(5-3-19)28(41)38-11-7-23(8-12-38)31(34,35)36/h2-5,17-18,21,23-24H,6-16H2,1H3,(H,37,43)/t21-/m0/s1. The Balaban J connectivity index is 1.19. The smallest absolute Gasteiger partial charge is 0.341 e. The zero-order valence-corrected chi connectivity index (χ0v) is 25.4. The molecular weight excluding hydrogens is 604 g/mol. The van der Waals surface area contributed by atoms with Crippen LogP contribution in [0.3, 0.4) is 0 Å². The molecular formula is C31H35Cl2F3N4O3. The summed E-state index contributed by atoms with van der Waals surface area (Å²) in [5, 5.41) is 3.57. The van der Waals surface area contributed by atoms with Gasteiger partial charge in [0, 0.05) is 67.3 Å². The summed E-state index contributed by atoms with van der Waals surface area (Å²) in [5.41, 5.74) is 2.67. The minimum Gasteiger partial charge on any atom is -0.341 e. The quantitative estimate of drug-likeness (QED) is 0.420. The fourth-order valence-corrected chi connectivity index (χ4v) is 7.10. The van der Waals surface area contributed by atoms with Crippen LogP contribution in [0.2, 0.25) is 10.0 Å². The summed E-state index contributed by atoms with van der Waals surface area (Å²) >= 11 is 13.4. The number of nitrogens with one attached hydrogen (secondary N) is 1. The van der Waals surface area contributed by atoms with Crippen LogP contribution in [0.5, 0.6) is 0 Å². The van der Waals surface area contributed by atoms with E-state index in [9.17, 15) is 27.6 Å². The van der Waals surface area contributed by atoms with E-state index in [0.29, 0.717) is 48.1 Å². The van der Waals surface area contributed by atoms with Gasteiger partial charge in [-0.15, -0.1) is 0 Å². The first kappa shape index (κ1) is 31.4. The summed E-state index contributed by atoms with van der Waals surface area (Å²) < 4.78 is 38.9. The number of hydrogen-bond acceptors (Lipinski definition) is 3. The number of hydrogen-bond donors (Lipinski definition) is 1. The lowest BCUT2D eigenvalue weighted by Crippen LogP contribution is -2.49. The number of benzene rings is 2. The van der Waals surface area contributed by atoms with Crippen molar-refractivity contribution in [2.75, 3.05) is 39.8 Å². The molecule has 3 aliphatic rings. The number of halogens is 5. The highest BCUT2D eigenvalue weighted by molar-refractivity contribution is 6.36. The van der Waals surface area contributed by atoms with Crippen LogP contribution < -0.4 is 5.32 Å². The lowest BCUT2D eigenvalue weighted by atomic mass is 9.94. The Morgan fingerprint density at radius 2 is 1.44 bits per heavy atom. The first-order valence-corrected chi connectivity index (χ1v) is 15.4. The minimum absolute atomic E-state index is 0.0790. The third-order valence-electron chi connectivity index (χ3n) is 9.06. The number of urea groups is 1. The molecule has 12 heteroatoms. The molecule has 0 aliphatic carbocycles. The second kappa shape index (κ2) is 12.9. The van der Waals surface area contributed by atoms with E-state index < -0.39 is 12.1 Å². The summed E-state index contributed by atoms with van der Waals surface area (Å²) in [6.45, 7) is 2.07. The molecule has 2 aromatic rings. The fourth-order valence-electron chi connectivity index (χ4n) is 6.46. The topological polar surface area (TPSA) is 73.0 Å². The molecule has 3 fully saturated rings. The van der Waals surface area contributed by atoms with Crippen LogP contribution in [0.1, 0.15) is 48.0 Å². The molecule has 0 aromatic heterocycles. The maximum Gasteiger partial charge on any atom is 0.391 e. The fraction of sp³-hybridized carbons (Fsp3) is 0.516. The van der Waals surface area contributed by atoms with Gasteiger partial charge in [0.05, 0.1) is 5.92 Å². The van der Waals surface area contributed by atoms with Gasteiger partial charge >= 0.3 is 12.2 Å². The van der Waals surface area contributed by atoms with E-state index in [0.717, 1.165) is 29.5 Å². The molecule has 3 aliphatic heterocycles. The van der Waals surface area contributed by atoms with Gasteiger partial charge in [0.15, 0.2) is 0 Å². The lowest BCUT2D eigenvalue weighted by Gasteiger charge is -2.36. The maximum atomic E-state index is 13.3. The van der Waals surface area contributed by atoms with Crippen molar-refractivity contribution in [3.63, 3.8) is 0 Å². The van der Waals surface area contributed by atoms with Gasteiger partial charge in [0.25, 0.3) is 5.91 Å². The predicted molar refractivity (Wildman–Crippen MR) is 159 cm³/mol. The molecule has 43 heavy (non-hydrogen) atoms. The number of carbonyl (C=O) groups is 3. The van der Waals surface area contributed by atoms with E-state index in [1.807, 2.05) is 4.90 Å². The highest BCUT2D eigenvalue weighted by atomic mass is 35.5. The van der Waals surface area contributed by atoms with Crippen LogP contribution in [-0.2, 0) is 11.2 Å². The van der Waals surface area contributed by atoms with Crippen LogP contribution >= 0.6 is 23.2 Å². The van der Waals surface area contributed by atoms with Gasteiger partial charge in [-0.05, 0) is 79.5 Å². The average Bonchev–Trinajstić information content (AvgIpc) is 3.37. The zero-order chi connectivity index (χ0) is 30.9. The Hall–Kier alpha value is -2.98. The number of carbonyl (C=O) groups excluding carboxylic acids is 3. The number of piperidine rings is 2. The Bertz CT molecular complexity index is 1330.